The van der Waals surface area contributed by atoms with Gasteiger partial charge in [0.15, 0.2) is 0 Å². The molecule has 2 atom stereocenters. The van der Waals surface area contributed by atoms with Gasteiger partial charge < -0.3 is 4.74 Å². The van der Waals surface area contributed by atoms with E-state index in [0.717, 1.165) is 25.0 Å². The average molecular weight is 304 g/mol. The highest BCUT2D eigenvalue weighted by atomic mass is 19.4. The third-order valence-corrected chi connectivity index (χ3v) is 3.62. The predicted molar refractivity (Wildman–Crippen MR) is 72.3 cm³/mol. The van der Waals surface area contributed by atoms with Gasteiger partial charge in [-0.25, -0.2) is 4.39 Å². The van der Waals surface area contributed by atoms with E-state index in [1.54, 1.807) is 0 Å². The topological polar surface area (TPSA) is 9.23 Å². The summed E-state index contributed by atoms with van der Waals surface area (Å²) in [7, 11) is 0. The van der Waals surface area contributed by atoms with Gasteiger partial charge in [-0.15, -0.1) is 0 Å². The van der Waals surface area contributed by atoms with Gasteiger partial charge in [0, 0.05) is 0 Å². The van der Waals surface area contributed by atoms with E-state index in [2.05, 4.69) is 20.8 Å². The van der Waals surface area contributed by atoms with Crippen molar-refractivity contribution in [2.24, 2.45) is 5.41 Å². The van der Waals surface area contributed by atoms with Gasteiger partial charge in [-0.1, -0.05) is 26.8 Å². The zero-order chi connectivity index (χ0) is 15.8. The second-order valence-electron chi connectivity index (χ2n) is 6.83. The molecular formula is C16H20F4O. The summed E-state index contributed by atoms with van der Waals surface area (Å²) in [5.41, 5.74) is -0.613. The molecule has 1 nitrogen and oxygen atoms in total. The fourth-order valence-corrected chi connectivity index (χ4v) is 2.75. The smallest absolute Gasteiger partial charge is 0.370 e. The number of hydrogen-bond acceptors (Lipinski definition) is 1. The molecule has 0 amide bonds. The van der Waals surface area contributed by atoms with Crippen LogP contribution in [0.1, 0.15) is 57.3 Å². The standard InChI is InChI=1S/C16H20F4O/c1-15(2,3)9-11-5-7-14(21-11)10-4-6-12(13(17)8-10)16(18,19)20/h4,6,8,11,14H,5,7,9H2,1-3H3/t11-,14+/m0/s1. The molecule has 21 heavy (non-hydrogen) atoms. The molecule has 5 heteroatoms. The SMILES string of the molecule is CC(C)(C)C[C@@H]1CC[C@H](c2ccc(C(F)(F)F)c(F)c2)O1. The summed E-state index contributed by atoms with van der Waals surface area (Å²) in [5.74, 6) is -1.23. The lowest BCUT2D eigenvalue weighted by Gasteiger charge is -2.23. The van der Waals surface area contributed by atoms with Crippen LogP contribution >= 0.6 is 0 Å². The molecule has 1 heterocycles. The maximum atomic E-state index is 13.6. The summed E-state index contributed by atoms with van der Waals surface area (Å²) in [6, 6.07) is 3.06. The minimum atomic E-state index is -4.66. The van der Waals surface area contributed by atoms with E-state index in [1.807, 2.05) is 0 Å². The molecule has 0 aromatic heterocycles. The zero-order valence-electron chi connectivity index (χ0n) is 12.4. The minimum Gasteiger partial charge on any atom is -0.370 e. The molecule has 0 aliphatic carbocycles. The van der Waals surface area contributed by atoms with Crippen LogP contribution in [0.15, 0.2) is 18.2 Å². The molecule has 0 spiro atoms. The van der Waals surface area contributed by atoms with Crippen molar-refractivity contribution in [2.75, 3.05) is 0 Å². The molecular weight excluding hydrogens is 284 g/mol. The van der Waals surface area contributed by atoms with Crippen molar-refractivity contribution in [3.63, 3.8) is 0 Å². The van der Waals surface area contributed by atoms with Gasteiger partial charge in [-0.2, -0.15) is 13.2 Å². The first-order chi connectivity index (χ1) is 9.56. The van der Waals surface area contributed by atoms with Gasteiger partial charge in [0.05, 0.1) is 17.8 Å². The van der Waals surface area contributed by atoms with E-state index in [0.29, 0.717) is 12.0 Å². The van der Waals surface area contributed by atoms with Crippen LogP contribution in [0.5, 0.6) is 0 Å². The Labute approximate surface area is 122 Å². The van der Waals surface area contributed by atoms with Crippen molar-refractivity contribution in [2.45, 2.75) is 58.4 Å². The van der Waals surface area contributed by atoms with Gasteiger partial charge in [-0.05, 0) is 42.4 Å². The van der Waals surface area contributed by atoms with E-state index in [4.69, 9.17) is 4.74 Å². The summed E-state index contributed by atoms with van der Waals surface area (Å²) in [5, 5.41) is 0. The second kappa shape index (κ2) is 5.59. The van der Waals surface area contributed by atoms with Gasteiger partial charge >= 0.3 is 6.18 Å². The van der Waals surface area contributed by atoms with Crippen molar-refractivity contribution in [3.8, 4) is 0 Å². The Kier molecular flexibility index (Phi) is 4.34. The van der Waals surface area contributed by atoms with Crippen molar-refractivity contribution in [1.82, 2.24) is 0 Å². The molecule has 1 aliphatic rings. The van der Waals surface area contributed by atoms with Crippen LogP contribution in [-0.4, -0.2) is 6.10 Å². The lowest BCUT2D eigenvalue weighted by Crippen LogP contribution is -2.17. The highest BCUT2D eigenvalue weighted by molar-refractivity contribution is 5.28. The number of ether oxygens (including phenoxy) is 1. The molecule has 1 aromatic rings. The predicted octanol–water partition coefficient (Wildman–Crippen LogP) is 5.50. The monoisotopic (exact) mass is 304 g/mol. The molecule has 1 aliphatic heterocycles. The van der Waals surface area contributed by atoms with E-state index in [1.165, 1.54) is 6.07 Å². The molecule has 1 fully saturated rings. The van der Waals surface area contributed by atoms with E-state index in [-0.39, 0.29) is 17.6 Å². The molecule has 1 saturated heterocycles. The average Bonchev–Trinajstić information content (AvgIpc) is 2.73. The lowest BCUT2D eigenvalue weighted by atomic mass is 9.88. The summed E-state index contributed by atoms with van der Waals surface area (Å²) in [6.07, 6.45) is -2.44. The Hall–Kier alpha value is -1.10. The normalized spacial score (nSPS) is 23.6. The van der Waals surface area contributed by atoms with Crippen LogP contribution in [-0.2, 0) is 10.9 Å². The number of hydrogen-bond donors (Lipinski definition) is 0. The Balaban J connectivity index is 2.09. The van der Waals surface area contributed by atoms with E-state index >= 15 is 0 Å². The first kappa shape index (κ1) is 16.3. The van der Waals surface area contributed by atoms with Crippen LogP contribution in [0.3, 0.4) is 0 Å². The van der Waals surface area contributed by atoms with Crippen LogP contribution in [0.4, 0.5) is 17.6 Å². The highest BCUT2D eigenvalue weighted by Crippen LogP contribution is 2.39. The Morgan fingerprint density at radius 1 is 1.14 bits per heavy atom. The van der Waals surface area contributed by atoms with Gasteiger partial charge in [0.2, 0.25) is 0 Å². The van der Waals surface area contributed by atoms with Crippen molar-refractivity contribution in [3.05, 3.63) is 35.1 Å². The van der Waals surface area contributed by atoms with Crippen LogP contribution in [0, 0.1) is 11.2 Å². The summed E-state index contributed by atoms with van der Waals surface area (Å²) < 4.78 is 57.1. The maximum absolute atomic E-state index is 13.6. The van der Waals surface area contributed by atoms with Gasteiger partial charge in [-0.3, -0.25) is 0 Å². The zero-order valence-corrected chi connectivity index (χ0v) is 12.4. The van der Waals surface area contributed by atoms with Crippen molar-refractivity contribution >= 4 is 0 Å². The molecule has 0 saturated carbocycles. The number of benzene rings is 1. The Morgan fingerprint density at radius 2 is 1.81 bits per heavy atom. The maximum Gasteiger partial charge on any atom is 0.419 e. The molecule has 0 bridgehead atoms. The quantitative estimate of drug-likeness (QED) is 0.655. The second-order valence-corrected chi connectivity index (χ2v) is 6.83. The van der Waals surface area contributed by atoms with Crippen LogP contribution < -0.4 is 0 Å². The van der Waals surface area contributed by atoms with Gasteiger partial charge in [0.1, 0.15) is 5.82 Å². The number of halogens is 4. The van der Waals surface area contributed by atoms with E-state index in [9.17, 15) is 17.6 Å². The van der Waals surface area contributed by atoms with Gasteiger partial charge in [0.25, 0.3) is 0 Å². The van der Waals surface area contributed by atoms with Crippen molar-refractivity contribution in [1.29, 1.82) is 0 Å². The van der Waals surface area contributed by atoms with Crippen molar-refractivity contribution < 1.29 is 22.3 Å². The third-order valence-electron chi connectivity index (χ3n) is 3.62. The fraction of sp³-hybridized carbons (Fsp3) is 0.625. The molecule has 0 unspecified atom stereocenters. The molecule has 118 valence electrons. The Morgan fingerprint density at radius 3 is 2.33 bits per heavy atom. The lowest BCUT2D eigenvalue weighted by molar-refractivity contribution is -0.140. The Bertz CT molecular complexity index is 502. The summed E-state index contributed by atoms with van der Waals surface area (Å²) in [6.45, 7) is 6.34. The summed E-state index contributed by atoms with van der Waals surface area (Å²) >= 11 is 0. The molecule has 0 radical (unpaired) electrons. The molecule has 1 aromatic carbocycles. The van der Waals surface area contributed by atoms with E-state index < -0.39 is 17.6 Å². The van der Waals surface area contributed by atoms with Crippen LogP contribution in [0.25, 0.3) is 0 Å². The number of alkyl halides is 3. The fourth-order valence-electron chi connectivity index (χ4n) is 2.75. The molecule has 0 N–H and O–H groups in total. The largest absolute Gasteiger partial charge is 0.419 e. The third kappa shape index (κ3) is 4.19. The number of rotatable bonds is 2. The first-order valence-corrected chi connectivity index (χ1v) is 7.08. The minimum absolute atomic E-state index is 0.0837. The van der Waals surface area contributed by atoms with Crippen LogP contribution in [0.2, 0.25) is 0 Å². The molecule has 2 rings (SSSR count). The summed E-state index contributed by atoms with van der Waals surface area (Å²) in [4.78, 5) is 0. The first-order valence-electron chi connectivity index (χ1n) is 7.08. The highest BCUT2D eigenvalue weighted by Gasteiger charge is 2.35.